The van der Waals surface area contributed by atoms with Gasteiger partial charge in [-0.15, -0.1) is 0 Å². The van der Waals surface area contributed by atoms with Gasteiger partial charge in [0.2, 0.25) is 11.8 Å². The number of likely N-dealkylation sites (tertiary alicyclic amines) is 1. The van der Waals surface area contributed by atoms with Crippen molar-refractivity contribution in [3.8, 4) is 0 Å². The summed E-state index contributed by atoms with van der Waals surface area (Å²) in [5.74, 6) is -2.30. The van der Waals surface area contributed by atoms with E-state index in [0.29, 0.717) is 6.42 Å². The van der Waals surface area contributed by atoms with Gasteiger partial charge in [0, 0.05) is 26.3 Å². The number of hydrogen-bond acceptors (Lipinski definition) is 4. The Morgan fingerprint density at radius 1 is 1.42 bits per heavy atom. The molecular formula is C12H18N2O5. The summed E-state index contributed by atoms with van der Waals surface area (Å²) in [5.41, 5.74) is 0. The van der Waals surface area contributed by atoms with Gasteiger partial charge in [0.15, 0.2) is 0 Å². The molecule has 2 atom stereocenters. The average molecular weight is 270 g/mol. The van der Waals surface area contributed by atoms with Crippen molar-refractivity contribution in [2.45, 2.75) is 38.6 Å². The fourth-order valence-electron chi connectivity index (χ4n) is 1.99. The lowest BCUT2D eigenvalue weighted by atomic mass is 10.0. The number of amides is 3. The number of carbonyl (C=O) groups is 4. The Kier molecular flexibility index (Phi) is 5.02. The standard InChI is InChI=1S/C12H18N2O5/c1-7(6-11(17)18)5-9(15)13-8-3-4-10(16)14(2)12(8)19/h7-8H,3-6H2,1-2H3,(H,13,15)(H,17,18). The fourth-order valence-corrected chi connectivity index (χ4v) is 1.99. The number of hydrogen-bond donors (Lipinski definition) is 2. The maximum Gasteiger partial charge on any atom is 0.303 e. The van der Waals surface area contributed by atoms with Crippen molar-refractivity contribution in [2.24, 2.45) is 5.92 Å². The highest BCUT2D eigenvalue weighted by atomic mass is 16.4. The van der Waals surface area contributed by atoms with E-state index in [0.717, 1.165) is 4.90 Å². The van der Waals surface area contributed by atoms with Gasteiger partial charge in [-0.1, -0.05) is 6.92 Å². The highest BCUT2D eigenvalue weighted by Gasteiger charge is 2.32. The molecule has 3 amide bonds. The van der Waals surface area contributed by atoms with Crippen LogP contribution >= 0.6 is 0 Å². The lowest BCUT2D eigenvalue weighted by Crippen LogP contribution is -2.53. The lowest BCUT2D eigenvalue weighted by Gasteiger charge is -2.28. The van der Waals surface area contributed by atoms with Crippen LogP contribution in [0.25, 0.3) is 0 Å². The van der Waals surface area contributed by atoms with Gasteiger partial charge in [0.05, 0.1) is 0 Å². The molecule has 0 bridgehead atoms. The first-order valence-electron chi connectivity index (χ1n) is 6.12. The van der Waals surface area contributed by atoms with Gasteiger partial charge in [-0.05, 0) is 12.3 Å². The summed E-state index contributed by atoms with van der Waals surface area (Å²) in [6.45, 7) is 1.66. The van der Waals surface area contributed by atoms with Crippen LogP contribution in [0.15, 0.2) is 0 Å². The molecule has 0 saturated carbocycles. The third-order valence-electron chi connectivity index (χ3n) is 3.04. The molecule has 1 heterocycles. The SMILES string of the molecule is CC(CC(=O)O)CC(=O)NC1CCC(=O)N(C)C1=O. The van der Waals surface area contributed by atoms with Gasteiger partial charge in [-0.2, -0.15) is 0 Å². The maximum absolute atomic E-state index is 11.7. The Hall–Kier alpha value is -1.92. The monoisotopic (exact) mass is 270 g/mol. The topological polar surface area (TPSA) is 104 Å². The summed E-state index contributed by atoms with van der Waals surface area (Å²) >= 11 is 0. The number of aliphatic carboxylic acids is 1. The Morgan fingerprint density at radius 2 is 2.05 bits per heavy atom. The second kappa shape index (κ2) is 6.31. The number of carbonyl (C=O) groups excluding carboxylic acids is 3. The predicted molar refractivity (Wildman–Crippen MR) is 65.0 cm³/mol. The second-order valence-electron chi connectivity index (χ2n) is 4.86. The molecule has 1 aliphatic rings. The van der Waals surface area contributed by atoms with Crippen molar-refractivity contribution in [3.63, 3.8) is 0 Å². The summed E-state index contributed by atoms with van der Waals surface area (Å²) in [4.78, 5) is 46.2. The molecule has 0 aliphatic carbocycles. The van der Waals surface area contributed by atoms with Crippen LogP contribution < -0.4 is 5.32 Å². The molecule has 1 saturated heterocycles. The Morgan fingerprint density at radius 3 is 2.63 bits per heavy atom. The van der Waals surface area contributed by atoms with Gasteiger partial charge in [0.1, 0.15) is 6.04 Å². The van der Waals surface area contributed by atoms with E-state index in [9.17, 15) is 19.2 Å². The van der Waals surface area contributed by atoms with E-state index < -0.39 is 17.9 Å². The molecule has 1 aliphatic heterocycles. The van der Waals surface area contributed by atoms with E-state index in [2.05, 4.69) is 5.32 Å². The van der Waals surface area contributed by atoms with Crippen LogP contribution in [0.5, 0.6) is 0 Å². The number of nitrogens with one attached hydrogen (secondary N) is 1. The predicted octanol–water partition coefficient (Wildman–Crippen LogP) is -0.249. The Bertz CT molecular complexity index is 407. The highest BCUT2D eigenvalue weighted by molar-refractivity contribution is 6.01. The van der Waals surface area contributed by atoms with Gasteiger partial charge < -0.3 is 10.4 Å². The Balaban J connectivity index is 2.46. The molecule has 7 heteroatoms. The van der Waals surface area contributed by atoms with Crippen molar-refractivity contribution in [3.05, 3.63) is 0 Å². The summed E-state index contributed by atoms with van der Waals surface area (Å²) in [6, 6.07) is -0.688. The first kappa shape index (κ1) is 15.1. The second-order valence-corrected chi connectivity index (χ2v) is 4.86. The van der Waals surface area contributed by atoms with E-state index in [1.807, 2.05) is 0 Å². The minimum Gasteiger partial charge on any atom is -0.481 e. The third kappa shape index (κ3) is 4.35. The van der Waals surface area contributed by atoms with E-state index in [1.54, 1.807) is 6.92 Å². The van der Waals surface area contributed by atoms with Crippen LogP contribution in [0.1, 0.15) is 32.6 Å². The highest BCUT2D eigenvalue weighted by Crippen LogP contribution is 2.13. The molecule has 2 N–H and O–H groups in total. The summed E-state index contributed by atoms with van der Waals surface area (Å²) in [7, 11) is 1.38. The van der Waals surface area contributed by atoms with Crippen molar-refractivity contribution in [1.82, 2.24) is 10.2 Å². The zero-order valence-corrected chi connectivity index (χ0v) is 11.0. The molecule has 106 valence electrons. The normalized spacial score (nSPS) is 21.2. The van der Waals surface area contributed by atoms with Gasteiger partial charge >= 0.3 is 5.97 Å². The maximum atomic E-state index is 11.7. The number of carboxylic acid groups (broad SMARTS) is 1. The molecule has 7 nitrogen and oxygen atoms in total. The molecular weight excluding hydrogens is 252 g/mol. The molecule has 1 fully saturated rings. The van der Waals surface area contributed by atoms with E-state index in [4.69, 9.17) is 5.11 Å². The number of nitrogens with zero attached hydrogens (tertiary/aromatic N) is 1. The molecule has 0 spiro atoms. The van der Waals surface area contributed by atoms with Crippen LogP contribution in [0, 0.1) is 5.92 Å². The average Bonchev–Trinajstić information content (AvgIpc) is 2.28. The molecule has 1 rings (SSSR count). The summed E-state index contributed by atoms with van der Waals surface area (Å²) < 4.78 is 0. The van der Waals surface area contributed by atoms with E-state index in [1.165, 1.54) is 7.05 Å². The number of imide groups is 1. The summed E-state index contributed by atoms with van der Waals surface area (Å²) in [5, 5.41) is 11.1. The zero-order chi connectivity index (χ0) is 14.6. The first-order valence-corrected chi connectivity index (χ1v) is 6.12. The Labute approximate surface area is 110 Å². The van der Waals surface area contributed by atoms with Crippen LogP contribution in [0.4, 0.5) is 0 Å². The zero-order valence-electron chi connectivity index (χ0n) is 11.0. The number of carboxylic acids is 1. The lowest BCUT2D eigenvalue weighted by molar-refractivity contribution is -0.149. The molecule has 19 heavy (non-hydrogen) atoms. The number of piperidine rings is 1. The molecule has 0 aromatic heterocycles. The van der Waals surface area contributed by atoms with Crippen molar-refractivity contribution in [1.29, 1.82) is 0 Å². The smallest absolute Gasteiger partial charge is 0.303 e. The van der Waals surface area contributed by atoms with Gasteiger partial charge in [-0.25, -0.2) is 0 Å². The first-order chi connectivity index (χ1) is 8.81. The largest absolute Gasteiger partial charge is 0.481 e. The fraction of sp³-hybridized carbons (Fsp3) is 0.667. The minimum absolute atomic E-state index is 0.0493. The van der Waals surface area contributed by atoms with Crippen LogP contribution in [0.2, 0.25) is 0 Å². The number of rotatable bonds is 5. The molecule has 0 aromatic rings. The van der Waals surface area contributed by atoms with E-state index >= 15 is 0 Å². The van der Waals surface area contributed by atoms with Crippen LogP contribution in [-0.4, -0.2) is 46.8 Å². The van der Waals surface area contributed by atoms with Crippen molar-refractivity contribution < 1.29 is 24.3 Å². The van der Waals surface area contributed by atoms with Gasteiger partial charge in [0.25, 0.3) is 5.91 Å². The summed E-state index contributed by atoms with van der Waals surface area (Å²) in [6.07, 6.45) is 0.469. The third-order valence-corrected chi connectivity index (χ3v) is 3.04. The van der Waals surface area contributed by atoms with Gasteiger partial charge in [-0.3, -0.25) is 24.1 Å². The quantitative estimate of drug-likeness (QED) is 0.670. The van der Waals surface area contributed by atoms with Crippen LogP contribution in [-0.2, 0) is 19.2 Å². The van der Waals surface area contributed by atoms with Crippen molar-refractivity contribution >= 4 is 23.7 Å². The van der Waals surface area contributed by atoms with Crippen molar-refractivity contribution in [2.75, 3.05) is 7.05 Å². The number of likely N-dealkylation sites (N-methyl/N-ethyl adjacent to an activating group) is 1. The van der Waals surface area contributed by atoms with Crippen LogP contribution in [0.3, 0.4) is 0 Å². The molecule has 0 radical (unpaired) electrons. The molecule has 2 unspecified atom stereocenters. The molecule has 0 aromatic carbocycles. The minimum atomic E-state index is -0.959. The van der Waals surface area contributed by atoms with E-state index in [-0.39, 0.29) is 37.0 Å².